The van der Waals surface area contributed by atoms with Crippen LogP contribution in [0.1, 0.15) is 112 Å². The summed E-state index contributed by atoms with van der Waals surface area (Å²) >= 11 is 0. The second-order valence-electron chi connectivity index (χ2n) is 20.0. The molecular formula is C48H58N4O12. The number of nitrogens with zero attached hydrogens (tertiary/aromatic N) is 2. The van der Waals surface area contributed by atoms with Crippen LogP contribution in [0.15, 0.2) is 24.3 Å². The number of likely N-dealkylation sites (tertiary alicyclic amines) is 2. The van der Waals surface area contributed by atoms with Gasteiger partial charge in [-0.25, -0.2) is 4.79 Å². The third kappa shape index (κ3) is 7.34. The van der Waals surface area contributed by atoms with Crippen molar-refractivity contribution in [2.75, 3.05) is 26.4 Å². The van der Waals surface area contributed by atoms with E-state index in [1.54, 1.807) is 0 Å². The van der Waals surface area contributed by atoms with Gasteiger partial charge < -0.3 is 34.7 Å². The van der Waals surface area contributed by atoms with E-state index in [9.17, 15) is 33.6 Å². The number of benzene rings is 2. The summed E-state index contributed by atoms with van der Waals surface area (Å²) in [7, 11) is 0. The smallest absolute Gasteiger partial charge is 0.408 e. The van der Waals surface area contributed by atoms with Crippen LogP contribution in [0.3, 0.4) is 0 Å². The molecule has 4 aliphatic carbocycles. The molecule has 342 valence electrons. The minimum atomic E-state index is -1.12. The number of ether oxygens (including phenoxy) is 4. The number of aryl methyl sites for hydroxylation is 2. The molecule has 2 spiro atoms. The molecule has 8 atom stereocenters. The van der Waals surface area contributed by atoms with Crippen LogP contribution in [0.25, 0.3) is 0 Å². The predicted octanol–water partition coefficient (Wildman–Crippen LogP) is 4.09. The molecule has 5 aliphatic heterocycles. The Balaban J connectivity index is 0.000000141. The van der Waals surface area contributed by atoms with Gasteiger partial charge >= 0.3 is 24.0 Å². The number of rotatable bonds is 6. The van der Waals surface area contributed by atoms with Crippen molar-refractivity contribution in [2.45, 2.75) is 146 Å². The number of carboxylic acids is 1. The fourth-order valence-corrected chi connectivity index (χ4v) is 12.8. The summed E-state index contributed by atoms with van der Waals surface area (Å²) in [5.74, 6) is 0.659. The summed E-state index contributed by atoms with van der Waals surface area (Å²) in [5.41, 5.74) is 6.44. The third-order valence-corrected chi connectivity index (χ3v) is 15.3. The molecule has 5 heterocycles. The first-order chi connectivity index (χ1) is 30.4. The van der Waals surface area contributed by atoms with Gasteiger partial charge in [0.1, 0.15) is 23.5 Å². The van der Waals surface area contributed by atoms with Crippen molar-refractivity contribution in [1.29, 1.82) is 0 Å². The monoisotopic (exact) mass is 882 g/mol. The summed E-state index contributed by atoms with van der Waals surface area (Å²) in [4.78, 5) is 85.0. The van der Waals surface area contributed by atoms with Crippen LogP contribution in [-0.4, -0.2) is 113 Å². The number of amides is 2. The summed E-state index contributed by atoms with van der Waals surface area (Å²) in [6.45, 7) is 12.1. The Morgan fingerprint density at radius 3 is 1.62 bits per heavy atom. The van der Waals surface area contributed by atoms with Crippen LogP contribution in [0.2, 0.25) is 0 Å². The van der Waals surface area contributed by atoms with Crippen LogP contribution >= 0.6 is 0 Å². The zero-order valence-electron chi connectivity index (χ0n) is 37.2. The molecular weight excluding hydrogens is 825 g/mol. The molecule has 2 amide bonds. The molecule has 2 aromatic rings. The van der Waals surface area contributed by atoms with Crippen molar-refractivity contribution in [3.05, 3.63) is 57.6 Å². The Kier molecular flexibility index (Phi) is 11.2. The number of Topliss-reactive ketones (excluding diaryl/α,β-unsaturated/α-hetero) is 2. The molecule has 2 unspecified atom stereocenters. The van der Waals surface area contributed by atoms with Gasteiger partial charge in [-0.05, 0) is 107 Å². The Morgan fingerprint density at radius 1 is 0.734 bits per heavy atom. The second-order valence-corrected chi connectivity index (χ2v) is 20.0. The maximum absolute atomic E-state index is 12.8. The molecule has 16 heteroatoms. The van der Waals surface area contributed by atoms with Gasteiger partial charge in [-0.15, -0.1) is 0 Å². The van der Waals surface area contributed by atoms with Crippen molar-refractivity contribution in [3.63, 3.8) is 0 Å². The Hall–Kier alpha value is -5.35. The molecule has 0 radical (unpaired) electrons. The predicted molar refractivity (Wildman–Crippen MR) is 227 cm³/mol. The lowest BCUT2D eigenvalue weighted by molar-refractivity contribution is -0.152. The third-order valence-electron chi connectivity index (χ3n) is 15.3. The molecule has 2 saturated carbocycles. The van der Waals surface area contributed by atoms with Gasteiger partial charge in [-0.2, -0.15) is 0 Å². The zero-order chi connectivity index (χ0) is 45.5. The van der Waals surface area contributed by atoms with E-state index in [0.29, 0.717) is 44.1 Å². The van der Waals surface area contributed by atoms with Crippen LogP contribution in [0.4, 0.5) is 4.79 Å². The first kappa shape index (κ1) is 43.9. The fourth-order valence-electron chi connectivity index (χ4n) is 12.8. The summed E-state index contributed by atoms with van der Waals surface area (Å²) in [6, 6.07) is 9.09. The lowest BCUT2D eigenvalue weighted by atomic mass is 9.51. The molecule has 5 fully saturated rings. The van der Waals surface area contributed by atoms with Gasteiger partial charge in [-0.3, -0.25) is 38.6 Å². The van der Waals surface area contributed by atoms with E-state index in [4.69, 9.17) is 19.3 Å². The molecule has 64 heavy (non-hydrogen) atoms. The highest BCUT2D eigenvalue weighted by Crippen LogP contribution is 2.63. The van der Waals surface area contributed by atoms with Crippen molar-refractivity contribution in [1.82, 2.24) is 20.4 Å². The largest absolute Gasteiger partial charge is 0.481 e. The van der Waals surface area contributed by atoms with Crippen molar-refractivity contribution in [3.8, 4) is 11.5 Å². The summed E-state index contributed by atoms with van der Waals surface area (Å²) < 4.78 is 22.1. The Morgan fingerprint density at radius 2 is 1.20 bits per heavy atom. The number of piperidine rings is 2. The van der Waals surface area contributed by atoms with Gasteiger partial charge in [0.05, 0.1) is 26.2 Å². The first-order valence-corrected chi connectivity index (χ1v) is 22.7. The number of ketones is 2. The number of carboxylic acid groups (broad SMARTS) is 1. The number of cyclic esters (lactones) is 2. The van der Waals surface area contributed by atoms with E-state index in [0.717, 1.165) is 74.2 Å². The van der Waals surface area contributed by atoms with Crippen molar-refractivity contribution < 1.29 is 57.6 Å². The van der Waals surface area contributed by atoms with Crippen molar-refractivity contribution >= 4 is 41.5 Å². The topological polar surface area (TPSA) is 207 Å². The van der Waals surface area contributed by atoms with E-state index in [1.807, 2.05) is 27.7 Å². The van der Waals surface area contributed by atoms with E-state index < -0.39 is 35.8 Å². The number of hydrogen-bond acceptors (Lipinski definition) is 13. The van der Waals surface area contributed by atoms with E-state index in [1.165, 1.54) is 22.3 Å². The Labute approximate surface area is 372 Å². The van der Waals surface area contributed by atoms with Crippen LogP contribution in [0.5, 0.6) is 11.5 Å². The van der Waals surface area contributed by atoms with Crippen LogP contribution in [-0.2, 0) is 61.9 Å². The number of nitrogens with one attached hydrogen (secondary N) is 2. The molecule has 9 aliphatic rings. The molecule has 2 aromatic carbocycles. The lowest BCUT2D eigenvalue weighted by Crippen LogP contribution is -2.67. The minimum Gasteiger partial charge on any atom is -0.481 e. The number of carbonyl (C=O) groups is 7. The van der Waals surface area contributed by atoms with E-state index in [2.05, 4.69) is 56.4 Å². The zero-order valence-corrected chi connectivity index (χ0v) is 37.2. The van der Waals surface area contributed by atoms with Gasteiger partial charge in [-0.1, -0.05) is 24.3 Å². The van der Waals surface area contributed by atoms with Gasteiger partial charge in [0.15, 0.2) is 23.8 Å². The number of esters is 2. The molecule has 4 bridgehead atoms. The summed E-state index contributed by atoms with van der Waals surface area (Å²) in [6.07, 6.45) is 5.31. The average Bonchev–Trinajstić information content (AvgIpc) is 3.91. The van der Waals surface area contributed by atoms with Gasteiger partial charge in [0.25, 0.3) is 0 Å². The number of alkyl carbamates (subject to hydrolysis) is 1. The normalized spacial score (nSPS) is 31.1. The fraction of sp³-hybridized carbons (Fsp3) is 0.604. The second kappa shape index (κ2) is 16.3. The summed E-state index contributed by atoms with van der Waals surface area (Å²) in [5, 5.41) is 14.5. The van der Waals surface area contributed by atoms with Crippen molar-refractivity contribution in [2.24, 2.45) is 11.8 Å². The standard InChI is InChI=1S/C23H30N2O4.C21H24N2O5.C4H4O3/c1-13-5-6-14-11-16-15-7-8-17(26)20-23(15,18(14)19(13)28-20)9-10-25(16)12-24-21(27)29-22(2,3)4;1-11-2-3-12-8-14-13-4-5-15(24)20-21(13,18(12)19(11)28-20)6-7-23(14)10-22-16(25)9-17(26)27;5-3-1-2-4(6)7-3/h5-6,15-16,20H,7-12H2,1-4H3,(H,24,27);2-3,13-14,20H,4-10H2,1H3,(H,22,25)(H,26,27);1-2H2/t15-,16+,20?,23-;13-,14+,20?,21-;/m00./s1. The first-order valence-electron chi connectivity index (χ1n) is 22.7. The van der Waals surface area contributed by atoms with Crippen LogP contribution in [0, 0.1) is 25.7 Å². The maximum atomic E-state index is 12.8. The molecule has 3 N–H and O–H groups in total. The number of carbonyl (C=O) groups excluding carboxylic acids is 6. The molecule has 16 nitrogen and oxygen atoms in total. The molecule has 3 saturated heterocycles. The average molecular weight is 883 g/mol. The highest BCUT2D eigenvalue weighted by Gasteiger charge is 2.67. The van der Waals surface area contributed by atoms with Gasteiger partial charge in [0, 0.05) is 60.0 Å². The highest BCUT2D eigenvalue weighted by atomic mass is 16.6. The highest BCUT2D eigenvalue weighted by molar-refractivity contribution is 5.94. The molecule has 0 aromatic heterocycles. The quantitative estimate of drug-likeness (QED) is 0.276. The van der Waals surface area contributed by atoms with Gasteiger partial charge in [0.2, 0.25) is 5.91 Å². The lowest BCUT2D eigenvalue weighted by Gasteiger charge is -2.57. The van der Waals surface area contributed by atoms with Crippen LogP contribution < -0.4 is 20.1 Å². The Bertz CT molecular complexity index is 2330. The number of aliphatic carboxylic acids is 1. The maximum Gasteiger partial charge on any atom is 0.408 e. The SMILES string of the molecule is Cc1ccc2c3c1OC1C(=O)CC[C@H]4[C@@H](C2)N(CNC(=O)CC(=O)O)CC[C@]314.Cc1ccc2c3c1OC1C(=O)CC[C@H]4[C@@H](C2)N(CNC(=O)OC(C)(C)C)CC[C@]314.O=C1CCC(=O)O1. The molecule has 11 rings (SSSR count). The number of hydrogen-bond donors (Lipinski definition) is 3. The van der Waals surface area contributed by atoms with E-state index >= 15 is 0 Å². The minimum absolute atomic E-state index is 0.183. The van der Waals surface area contributed by atoms with E-state index in [-0.39, 0.29) is 59.6 Å².